The van der Waals surface area contributed by atoms with Crippen molar-refractivity contribution in [3.63, 3.8) is 0 Å². The molecule has 0 saturated heterocycles. The molecule has 0 fully saturated rings. The molecule has 0 N–H and O–H groups in total. The van der Waals surface area contributed by atoms with Crippen molar-refractivity contribution in [1.29, 1.82) is 0 Å². The monoisotopic (exact) mass is 330 g/mol. The SMILES string of the molecule is Cc1c(C(F)F)sc(Cc2c(F)csc2Cl)c1Cl. The molecule has 0 saturated carbocycles. The first-order chi connectivity index (χ1) is 8.41. The molecule has 98 valence electrons. The summed E-state index contributed by atoms with van der Waals surface area (Å²) in [7, 11) is 0. The standard InChI is InChI=1S/C11H7Cl2F3S2/c1-4-8(12)7(18-9(4)11(15)16)2-5-6(14)3-17-10(5)13/h3,11H,2H2,1H3. The summed E-state index contributed by atoms with van der Waals surface area (Å²) in [4.78, 5) is 0.449. The van der Waals surface area contributed by atoms with E-state index in [4.69, 9.17) is 23.2 Å². The molecule has 0 bridgehead atoms. The van der Waals surface area contributed by atoms with Crippen LogP contribution in [0.5, 0.6) is 0 Å². The molecular formula is C11H7Cl2F3S2. The molecule has 0 radical (unpaired) electrons. The van der Waals surface area contributed by atoms with Crippen LogP contribution >= 0.6 is 45.9 Å². The van der Waals surface area contributed by atoms with Gasteiger partial charge in [0.05, 0.1) is 14.2 Å². The van der Waals surface area contributed by atoms with E-state index in [-0.39, 0.29) is 16.3 Å². The third-order valence-electron chi connectivity index (χ3n) is 2.50. The van der Waals surface area contributed by atoms with Crippen LogP contribution in [0.15, 0.2) is 5.38 Å². The number of hydrogen-bond acceptors (Lipinski definition) is 2. The highest BCUT2D eigenvalue weighted by molar-refractivity contribution is 7.14. The van der Waals surface area contributed by atoms with Gasteiger partial charge >= 0.3 is 0 Å². The van der Waals surface area contributed by atoms with Gasteiger partial charge in [-0.1, -0.05) is 23.2 Å². The first kappa shape index (κ1) is 14.2. The molecule has 7 heteroatoms. The maximum Gasteiger partial charge on any atom is 0.273 e. The smallest absolute Gasteiger partial charge is 0.206 e. The summed E-state index contributed by atoms with van der Waals surface area (Å²) in [6, 6.07) is 0. The molecule has 0 aliphatic heterocycles. The molecule has 0 aliphatic carbocycles. The lowest BCUT2D eigenvalue weighted by Gasteiger charge is -1.98. The lowest BCUT2D eigenvalue weighted by atomic mass is 10.2. The van der Waals surface area contributed by atoms with Crippen LogP contribution in [0.25, 0.3) is 0 Å². The maximum absolute atomic E-state index is 13.4. The van der Waals surface area contributed by atoms with Crippen molar-refractivity contribution in [2.75, 3.05) is 0 Å². The van der Waals surface area contributed by atoms with E-state index < -0.39 is 12.2 Å². The van der Waals surface area contributed by atoms with Gasteiger partial charge in [-0.05, 0) is 12.5 Å². The zero-order valence-electron chi connectivity index (χ0n) is 9.07. The Morgan fingerprint density at radius 2 is 2.00 bits per heavy atom. The van der Waals surface area contributed by atoms with Gasteiger partial charge in [-0.2, -0.15) is 0 Å². The topological polar surface area (TPSA) is 0 Å². The molecule has 0 aliphatic rings. The Balaban J connectivity index is 2.39. The van der Waals surface area contributed by atoms with Crippen LogP contribution in [0.3, 0.4) is 0 Å². The summed E-state index contributed by atoms with van der Waals surface area (Å²) >= 11 is 13.8. The first-order valence-electron chi connectivity index (χ1n) is 4.89. The molecule has 2 aromatic rings. The van der Waals surface area contributed by atoms with Crippen molar-refractivity contribution >= 4 is 45.9 Å². The molecule has 0 spiro atoms. The second-order valence-corrected chi connectivity index (χ2v) is 6.64. The van der Waals surface area contributed by atoms with Crippen molar-refractivity contribution in [2.45, 2.75) is 19.8 Å². The van der Waals surface area contributed by atoms with Crippen molar-refractivity contribution in [3.05, 3.63) is 41.4 Å². The van der Waals surface area contributed by atoms with Crippen LogP contribution in [-0.4, -0.2) is 0 Å². The minimum atomic E-state index is -2.57. The Morgan fingerprint density at radius 3 is 2.44 bits per heavy atom. The summed E-state index contributed by atoms with van der Waals surface area (Å²) in [6.45, 7) is 1.54. The van der Waals surface area contributed by atoms with E-state index in [0.717, 1.165) is 22.7 Å². The number of halogens is 5. The second kappa shape index (κ2) is 5.41. The maximum atomic E-state index is 13.4. The van der Waals surface area contributed by atoms with Crippen LogP contribution in [0.1, 0.15) is 27.3 Å². The van der Waals surface area contributed by atoms with Gasteiger partial charge in [0.1, 0.15) is 5.82 Å². The molecule has 0 unspecified atom stereocenters. The molecular weight excluding hydrogens is 324 g/mol. The lowest BCUT2D eigenvalue weighted by molar-refractivity contribution is 0.155. The number of alkyl halides is 2. The van der Waals surface area contributed by atoms with E-state index in [0.29, 0.717) is 20.3 Å². The van der Waals surface area contributed by atoms with Gasteiger partial charge in [0.15, 0.2) is 0 Å². The fraction of sp³-hybridized carbons (Fsp3) is 0.273. The second-order valence-electron chi connectivity index (χ2n) is 3.64. The van der Waals surface area contributed by atoms with Crippen LogP contribution in [0, 0.1) is 12.7 Å². The van der Waals surface area contributed by atoms with E-state index >= 15 is 0 Å². The van der Waals surface area contributed by atoms with E-state index in [1.165, 1.54) is 12.3 Å². The van der Waals surface area contributed by atoms with Crippen LogP contribution in [-0.2, 0) is 6.42 Å². The summed E-state index contributed by atoms with van der Waals surface area (Å²) in [5.41, 5.74) is 0.670. The van der Waals surface area contributed by atoms with Crippen LogP contribution in [0.4, 0.5) is 13.2 Å². The third-order valence-corrected chi connectivity index (χ3v) is 5.70. The Kier molecular flexibility index (Phi) is 4.26. The summed E-state index contributed by atoms with van der Waals surface area (Å²) in [6.07, 6.45) is -2.42. The van der Waals surface area contributed by atoms with Crippen molar-refractivity contribution in [2.24, 2.45) is 0 Å². The molecule has 0 aromatic carbocycles. The zero-order valence-corrected chi connectivity index (χ0v) is 12.2. The summed E-state index contributed by atoms with van der Waals surface area (Å²) in [5.74, 6) is -0.425. The van der Waals surface area contributed by atoms with Crippen molar-refractivity contribution < 1.29 is 13.2 Å². The van der Waals surface area contributed by atoms with E-state index in [1.54, 1.807) is 0 Å². The van der Waals surface area contributed by atoms with Gasteiger partial charge in [0, 0.05) is 22.2 Å². The first-order valence-corrected chi connectivity index (χ1v) is 7.34. The Morgan fingerprint density at radius 1 is 1.33 bits per heavy atom. The van der Waals surface area contributed by atoms with Gasteiger partial charge in [-0.15, -0.1) is 22.7 Å². The van der Waals surface area contributed by atoms with E-state index in [1.807, 2.05) is 0 Å². The largest absolute Gasteiger partial charge is 0.273 e. The molecule has 2 heterocycles. The number of hydrogen-bond donors (Lipinski definition) is 0. The Bertz CT molecular complexity index is 556. The average molecular weight is 331 g/mol. The normalized spacial score (nSPS) is 11.5. The van der Waals surface area contributed by atoms with E-state index in [9.17, 15) is 13.2 Å². The minimum absolute atomic E-state index is 0.0678. The zero-order chi connectivity index (χ0) is 13.4. The quantitative estimate of drug-likeness (QED) is 0.638. The molecule has 18 heavy (non-hydrogen) atoms. The predicted octanol–water partition coefficient (Wildman–Crippen LogP) is 6.09. The molecule has 2 aromatic heterocycles. The summed E-state index contributed by atoms with van der Waals surface area (Å²) in [5, 5.41) is 1.57. The van der Waals surface area contributed by atoms with Gasteiger partial charge in [0.2, 0.25) is 0 Å². The van der Waals surface area contributed by atoms with E-state index in [2.05, 4.69) is 0 Å². The third kappa shape index (κ3) is 2.54. The van der Waals surface area contributed by atoms with Gasteiger partial charge in [-0.3, -0.25) is 0 Å². The summed E-state index contributed by atoms with van der Waals surface area (Å²) < 4.78 is 39.2. The molecule has 0 atom stereocenters. The lowest BCUT2D eigenvalue weighted by Crippen LogP contribution is -1.87. The molecule has 2 rings (SSSR count). The number of thiophene rings is 2. The number of rotatable bonds is 3. The molecule has 0 amide bonds. The van der Waals surface area contributed by atoms with Gasteiger partial charge in [0.25, 0.3) is 6.43 Å². The molecule has 0 nitrogen and oxygen atoms in total. The highest BCUT2D eigenvalue weighted by Crippen LogP contribution is 2.40. The minimum Gasteiger partial charge on any atom is -0.206 e. The van der Waals surface area contributed by atoms with Crippen LogP contribution in [0.2, 0.25) is 9.36 Å². The average Bonchev–Trinajstić information content (AvgIpc) is 2.76. The fourth-order valence-corrected chi connectivity index (χ4v) is 3.91. The van der Waals surface area contributed by atoms with Gasteiger partial charge in [-0.25, -0.2) is 13.2 Å². The predicted molar refractivity (Wildman–Crippen MR) is 71.1 cm³/mol. The van der Waals surface area contributed by atoms with Gasteiger partial charge < -0.3 is 0 Å². The Labute approximate surface area is 120 Å². The highest BCUT2D eigenvalue weighted by Gasteiger charge is 2.21. The fourth-order valence-electron chi connectivity index (χ4n) is 1.55. The van der Waals surface area contributed by atoms with Crippen LogP contribution < -0.4 is 0 Å². The van der Waals surface area contributed by atoms with Crippen molar-refractivity contribution in [1.82, 2.24) is 0 Å². The Hall–Kier alpha value is -0.230. The highest BCUT2D eigenvalue weighted by atomic mass is 35.5. The van der Waals surface area contributed by atoms with Crippen molar-refractivity contribution in [3.8, 4) is 0 Å².